The number of amides is 1. The number of unbranched alkanes of at least 4 members (excludes halogenated alkanes) is 1. The maximum absolute atomic E-state index is 11.6. The standard InChI is InChI=1S/C15H22N2O4/c1-3-12(15(20)21)16-13(18)8-4-5-10-17-11(2)7-6-9-14(17)19/h6-7,9,12H,3-5,8,10H2,1-2H3,(H,16,18)(H,20,21). The molecule has 0 aliphatic heterocycles. The van der Waals surface area contributed by atoms with Crippen LogP contribution in [0.25, 0.3) is 0 Å². The third-order valence-corrected chi connectivity index (χ3v) is 3.35. The van der Waals surface area contributed by atoms with Gasteiger partial charge in [0.05, 0.1) is 0 Å². The van der Waals surface area contributed by atoms with Gasteiger partial charge in [-0.3, -0.25) is 9.59 Å². The van der Waals surface area contributed by atoms with Crippen molar-refractivity contribution in [2.24, 2.45) is 0 Å². The Labute approximate surface area is 123 Å². The average molecular weight is 294 g/mol. The fraction of sp³-hybridized carbons (Fsp3) is 0.533. The van der Waals surface area contributed by atoms with Gasteiger partial charge < -0.3 is 15.0 Å². The molecule has 0 saturated carbocycles. The van der Waals surface area contributed by atoms with Gasteiger partial charge in [-0.25, -0.2) is 4.79 Å². The summed E-state index contributed by atoms with van der Waals surface area (Å²) in [6, 6.07) is 4.28. The lowest BCUT2D eigenvalue weighted by atomic mass is 10.2. The second kappa shape index (κ2) is 8.24. The van der Waals surface area contributed by atoms with Gasteiger partial charge in [0, 0.05) is 24.7 Å². The summed E-state index contributed by atoms with van der Waals surface area (Å²) < 4.78 is 1.67. The molecule has 0 radical (unpaired) electrons. The molecular weight excluding hydrogens is 272 g/mol. The number of hydrogen-bond acceptors (Lipinski definition) is 3. The number of carboxylic acid groups (broad SMARTS) is 1. The van der Waals surface area contributed by atoms with E-state index < -0.39 is 12.0 Å². The van der Waals surface area contributed by atoms with Gasteiger partial charge >= 0.3 is 5.97 Å². The van der Waals surface area contributed by atoms with Crippen LogP contribution < -0.4 is 10.9 Å². The molecule has 1 amide bonds. The molecule has 0 bridgehead atoms. The Morgan fingerprint density at radius 2 is 2.05 bits per heavy atom. The maximum Gasteiger partial charge on any atom is 0.326 e. The molecule has 0 fully saturated rings. The zero-order chi connectivity index (χ0) is 15.8. The molecule has 1 unspecified atom stereocenters. The van der Waals surface area contributed by atoms with E-state index in [1.165, 1.54) is 6.07 Å². The Bertz CT molecular complexity index is 551. The van der Waals surface area contributed by atoms with Gasteiger partial charge in [0.2, 0.25) is 5.91 Å². The van der Waals surface area contributed by atoms with Gasteiger partial charge in [-0.1, -0.05) is 13.0 Å². The van der Waals surface area contributed by atoms with E-state index in [9.17, 15) is 14.4 Å². The van der Waals surface area contributed by atoms with Crippen LogP contribution in [0.5, 0.6) is 0 Å². The van der Waals surface area contributed by atoms with Gasteiger partial charge in [0.15, 0.2) is 0 Å². The summed E-state index contributed by atoms with van der Waals surface area (Å²) in [4.78, 5) is 34.1. The summed E-state index contributed by atoms with van der Waals surface area (Å²) >= 11 is 0. The lowest BCUT2D eigenvalue weighted by Gasteiger charge is -2.12. The molecule has 0 aliphatic rings. The number of nitrogens with zero attached hydrogens (tertiary/aromatic N) is 1. The van der Waals surface area contributed by atoms with E-state index in [0.717, 1.165) is 5.69 Å². The average Bonchev–Trinajstić information content (AvgIpc) is 2.43. The van der Waals surface area contributed by atoms with Crippen LogP contribution >= 0.6 is 0 Å². The molecule has 1 aromatic heterocycles. The smallest absolute Gasteiger partial charge is 0.326 e. The van der Waals surface area contributed by atoms with Crippen molar-refractivity contribution < 1.29 is 14.7 Å². The molecule has 1 aromatic rings. The number of carboxylic acids is 1. The van der Waals surface area contributed by atoms with Crippen molar-refractivity contribution in [2.75, 3.05) is 0 Å². The molecule has 2 N–H and O–H groups in total. The molecule has 0 aliphatic carbocycles. The van der Waals surface area contributed by atoms with Crippen LogP contribution in [0.4, 0.5) is 0 Å². The molecule has 0 saturated heterocycles. The van der Waals surface area contributed by atoms with Gasteiger partial charge in [-0.15, -0.1) is 0 Å². The maximum atomic E-state index is 11.6. The van der Waals surface area contributed by atoms with Crippen molar-refractivity contribution >= 4 is 11.9 Å². The fourth-order valence-electron chi connectivity index (χ4n) is 2.07. The van der Waals surface area contributed by atoms with Crippen LogP contribution in [-0.4, -0.2) is 27.6 Å². The summed E-state index contributed by atoms with van der Waals surface area (Å²) in [6.07, 6.45) is 1.94. The lowest BCUT2D eigenvalue weighted by molar-refractivity contribution is -0.141. The normalized spacial score (nSPS) is 11.9. The lowest BCUT2D eigenvalue weighted by Crippen LogP contribution is -2.40. The third-order valence-electron chi connectivity index (χ3n) is 3.35. The monoisotopic (exact) mass is 294 g/mol. The summed E-state index contributed by atoms with van der Waals surface area (Å²) in [5.41, 5.74) is 0.847. The van der Waals surface area contributed by atoms with Crippen molar-refractivity contribution in [1.82, 2.24) is 9.88 Å². The molecule has 0 aromatic carbocycles. The number of nitrogens with one attached hydrogen (secondary N) is 1. The van der Waals surface area contributed by atoms with E-state index >= 15 is 0 Å². The first-order valence-corrected chi connectivity index (χ1v) is 7.14. The minimum Gasteiger partial charge on any atom is -0.480 e. The molecule has 21 heavy (non-hydrogen) atoms. The van der Waals surface area contributed by atoms with Crippen LogP contribution in [0.1, 0.15) is 38.3 Å². The van der Waals surface area contributed by atoms with Crippen LogP contribution in [-0.2, 0) is 16.1 Å². The zero-order valence-electron chi connectivity index (χ0n) is 12.5. The highest BCUT2D eigenvalue weighted by Gasteiger charge is 2.16. The first kappa shape index (κ1) is 16.9. The van der Waals surface area contributed by atoms with Gasteiger partial charge in [0.1, 0.15) is 6.04 Å². The summed E-state index contributed by atoms with van der Waals surface area (Å²) in [5.74, 6) is -1.28. The van der Waals surface area contributed by atoms with E-state index in [2.05, 4.69) is 5.32 Å². The molecule has 1 atom stereocenters. The van der Waals surface area contributed by atoms with Crippen molar-refractivity contribution in [3.63, 3.8) is 0 Å². The van der Waals surface area contributed by atoms with Crippen LogP contribution in [0.15, 0.2) is 23.0 Å². The second-order valence-electron chi connectivity index (χ2n) is 4.98. The van der Waals surface area contributed by atoms with E-state index in [0.29, 0.717) is 25.8 Å². The number of hydrogen-bond donors (Lipinski definition) is 2. The van der Waals surface area contributed by atoms with E-state index in [4.69, 9.17) is 5.11 Å². The summed E-state index contributed by atoms with van der Waals surface area (Å²) in [6.45, 7) is 4.14. The van der Waals surface area contributed by atoms with E-state index in [1.807, 2.05) is 13.0 Å². The van der Waals surface area contributed by atoms with Crippen LogP contribution in [0.3, 0.4) is 0 Å². The molecule has 1 heterocycles. The fourth-order valence-corrected chi connectivity index (χ4v) is 2.07. The number of aromatic nitrogens is 1. The minimum absolute atomic E-state index is 0.0450. The van der Waals surface area contributed by atoms with Gasteiger partial charge in [-0.2, -0.15) is 0 Å². The molecule has 116 valence electrons. The molecular formula is C15H22N2O4. The highest BCUT2D eigenvalue weighted by Crippen LogP contribution is 2.02. The summed E-state index contributed by atoms with van der Waals surface area (Å²) in [7, 11) is 0. The summed E-state index contributed by atoms with van der Waals surface area (Å²) in [5, 5.41) is 11.3. The molecule has 6 nitrogen and oxygen atoms in total. The quantitative estimate of drug-likeness (QED) is 0.707. The van der Waals surface area contributed by atoms with Crippen LogP contribution in [0.2, 0.25) is 0 Å². The Hall–Kier alpha value is -2.11. The Kier molecular flexibility index (Phi) is 6.65. The van der Waals surface area contributed by atoms with Gasteiger partial charge in [-0.05, 0) is 32.3 Å². The van der Waals surface area contributed by atoms with Crippen LogP contribution in [0, 0.1) is 6.92 Å². The minimum atomic E-state index is -1.02. The predicted molar refractivity (Wildman–Crippen MR) is 79.1 cm³/mol. The Morgan fingerprint density at radius 3 is 2.62 bits per heavy atom. The predicted octanol–water partition coefficient (Wildman–Crippen LogP) is 1.31. The SMILES string of the molecule is CCC(NC(=O)CCCCn1c(C)cccc1=O)C(=O)O. The van der Waals surface area contributed by atoms with Crippen molar-refractivity contribution in [1.29, 1.82) is 0 Å². The third kappa shape index (κ3) is 5.41. The number of carbonyl (C=O) groups excluding carboxylic acids is 1. The first-order valence-electron chi connectivity index (χ1n) is 7.14. The number of pyridine rings is 1. The van der Waals surface area contributed by atoms with E-state index in [1.54, 1.807) is 17.6 Å². The van der Waals surface area contributed by atoms with Gasteiger partial charge in [0.25, 0.3) is 5.56 Å². The number of rotatable bonds is 8. The topological polar surface area (TPSA) is 88.4 Å². The number of aryl methyl sites for hydroxylation is 1. The molecule has 0 spiro atoms. The Balaban J connectivity index is 2.36. The van der Waals surface area contributed by atoms with Crippen molar-refractivity contribution in [3.8, 4) is 0 Å². The highest BCUT2D eigenvalue weighted by atomic mass is 16.4. The van der Waals surface area contributed by atoms with E-state index in [-0.39, 0.29) is 17.9 Å². The number of carbonyl (C=O) groups is 2. The first-order chi connectivity index (χ1) is 9.95. The van der Waals surface area contributed by atoms with Crippen molar-refractivity contribution in [2.45, 2.75) is 52.1 Å². The molecule has 1 rings (SSSR count). The zero-order valence-corrected chi connectivity index (χ0v) is 12.5. The number of aliphatic carboxylic acids is 1. The Morgan fingerprint density at radius 1 is 1.33 bits per heavy atom. The second-order valence-corrected chi connectivity index (χ2v) is 4.98. The highest BCUT2D eigenvalue weighted by molar-refractivity contribution is 5.83. The molecule has 6 heteroatoms. The largest absolute Gasteiger partial charge is 0.480 e. The van der Waals surface area contributed by atoms with Crippen molar-refractivity contribution in [3.05, 3.63) is 34.2 Å².